The van der Waals surface area contributed by atoms with Gasteiger partial charge in [-0.25, -0.2) is 0 Å². The van der Waals surface area contributed by atoms with E-state index < -0.39 is 0 Å². The Labute approximate surface area is 84.5 Å². The number of nitrogens with two attached hydrogens (primary N) is 2. The summed E-state index contributed by atoms with van der Waals surface area (Å²) < 4.78 is 0. The predicted octanol–water partition coefficient (Wildman–Crippen LogP) is 1.30. The average Bonchev–Trinajstić information content (AvgIpc) is 2.28. The molecule has 80 valence electrons. The second-order valence-corrected chi connectivity index (χ2v) is 2.01. The first kappa shape index (κ1) is 14.9. The summed E-state index contributed by atoms with van der Waals surface area (Å²) in [7, 11) is 1.00. The van der Waals surface area contributed by atoms with Crippen molar-refractivity contribution < 1.29 is 9.90 Å². The lowest BCUT2D eigenvalue weighted by Gasteiger charge is -1.97. The number of hydrogen-bond acceptors (Lipinski definition) is 4. The molecule has 14 heavy (non-hydrogen) atoms. The molecule has 4 nitrogen and oxygen atoms in total. The number of aliphatic hydroxyl groups excluding tert-OH is 1. The minimum atomic E-state index is 0.449. The van der Waals surface area contributed by atoms with E-state index in [4.69, 9.17) is 16.6 Å². The topological polar surface area (TPSA) is 89.3 Å². The summed E-state index contributed by atoms with van der Waals surface area (Å²) >= 11 is 0. The molecule has 1 aromatic carbocycles. The highest BCUT2D eigenvalue weighted by Gasteiger charge is 1.93. The van der Waals surface area contributed by atoms with E-state index >= 15 is 0 Å². The van der Waals surface area contributed by atoms with Gasteiger partial charge in [-0.05, 0) is 18.2 Å². The molecule has 0 fully saturated rings. The molecular formula is C10H18N2O2. The number of anilines is 2. The Kier molecular flexibility index (Phi) is 10.2. The van der Waals surface area contributed by atoms with Crippen molar-refractivity contribution in [3.8, 4) is 0 Å². The van der Waals surface area contributed by atoms with Crippen LogP contribution in [0.5, 0.6) is 0 Å². The molecule has 0 bridgehead atoms. The maximum atomic E-state index is 10.2. The number of nitrogen functional groups attached to an aromatic ring is 2. The summed E-state index contributed by atoms with van der Waals surface area (Å²) in [6, 6.07) is 4.78. The van der Waals surface area contributed by atoms with Crippen molar-refractivity contribution in [2.24, 2.45) is 0 Å². The fraction of sp³-hybridized carbons (Fsp3) is 0.300. The molecule has 0 aromatic heterocycles. The Morgan fingerprint density at radius 3 is 2.00 bits per heavy atom. The zero-order valence-corrected chi connectivity index (χ0v) is 8.82. The highest BCUT2D eigenvalue weighted by Crippen LogP contribution is 2.14. The molecule has 0 unspecified atom stereocenters. The number of carbonyl (C=O) groups excluding carboxylic acids is 1. The Hall–Kier alpha value is -1.55. The van der Waals surface area contributed by atoms with Crippen LogP contribution in [-0.2, 0) is 0 Å². The summed E-state index contributed by atoms with van der Waals surface area (Å²) in [5, 5.41) is 7.00. The van der Waals surface area contributed by atoms with E-state index in [9.17, 15) is 4.79 Å². The van der Waals surface area contributed by atoms with Gasteiger partial charge in [-0.15, -0.1) is 0 Å². The van der Waals surface area contributed by atoms with E-state index in [1.807, 2.05) is 13.8 Å². The lowest BCUT2D eigenvalue weighted by atomic mass is 10.2. The van der Waals surface area contributed by atoms with E-state index in [0.717, 1.165) is 13.4 Å². The Morgan fingerprint density at radius 1 is 1.14 bits per heavy atom. The van der Waals surface area contributed by atoms with Gasteiger partial charge < -0.3 is 16.6 Å². The van der Waals surface area contributed by atoms with Gasteiger partial charge in [0.05, 0.1) is 11.4 Å². The second-order valence-electron chi connectivity index (χ2n) is 2.01. The van der Waals surface area contributed by atoms with Crippen LogP contribution in [0, 0.1) is 0 Å². The third kappa shape index (κ3) is 5.16. The van der Waals surface area contributed by atoms with Crippen molar-refractivity contribution >= 4 is 17.7 Å². The molecule has 0 saturated carbocycles. The maximum Gasteiger partial charge on any atom is 0.150 e. The van der Waals surface area contributed by atoms with Crippen molar-refractivity contribution in [2.75, 3.05) is 18.6 Å². The predicted molar refractivity (Wildman–Crippen MR) is 60.1 cm³/mol. The standard InChI is InChI=1S/C7H8N2O.C2H6.CH4O/c8-6-2-1-5(4-10)3-7(6)9;2*1-2/h1-4H,8-9H2;1-2H3;2H,1H3. The summed E-state index contributed by atoms with van der Waals surface area (Å²) in [6.07, 6.45) is 0.732. The van der Waals surface area contributed by atoms with E-state index in [2.05, 4.69) is 0 Å². The van der Waals surface area contributed by atoms with Crippen molar-refractivity contribution in [2.45, 2.75) is 13.8 Å². The number of carbonyl (C=O) groups is 1. The molecular weight excluding hydrogens is 180 g/mol. The van der Waals surface area contributed by atoms with Gasteiger partial charge >= 0.3 is 0 Å². The number of benzene rings is 1. The van der Waals surface area contributed by atoms with Gasteiger partial charge in [0, 0.05) is 12.7 Å². The third-order valence-electron chi connectivity index (χ3n) is 1.25. The molecule has 0 radical (unpaired) electrons. The van der Waals surface area contributed by atoms with Crippen LogP contribution in [0.4, 0.5) is 11.4 Å². The molecule has 1 aromatic rings. The van der Waals surface area contributed by atoms with Gasteiger partial charge in [-0.3, -0.25) is 4.79 Å². The first-order chi connectivity index (χ1) is 6.74. The molecule has 0 atom stereocenters. The summed E-state index contributed by atoms with van der Waals surface area (Å²) in [5.41, 5.74) is 12.3. The summed E-state index contributed by atoms with van der Waals surface area (Å²) in [5.74, 6) is 0. The van der Waals surface area contributed by atoms with Crippen LogP contribution in [-0.4, -0.2) is 18.5 Å². The van der Waals surface area contributed by atoms with Crippen LogP contribution in [0.15, 0.2) is 18.2 Å². The van der Waals surface area contributed by atoms with Gasteiger partial charge in [0.15, 0.2) is 0 Å². The SMILES string of the molecule is CC.CO.Nc1ccc(C=O)cc1N. The van der Waals surface area contributed by atoms with Gasteiger partial charge in [0.1, 0.15) is 6.29 Å². The van der Waals surface area contributed by atoms with Crippen molar-refractivity contribution in [3.63, 3.8) is 0 Å². The van der Waals surface area contributed by atoms with E-state index in [0.29, 0.717) is 16.9 Å². The Morgan fingerprint density at radius 2 is 1.64 bits per heavy atom. The van der Waals surface area contributed by atoms with Crippen LogP contribution >= 0.6 is 0 Å². The molecule has 0 aliphatic heterocycles. The summed E-state index contributed by atoms with van der Waals surface area (Å²) in [6.45, 7) is 4.00. The van der Waals surface area contributed by atoms with E-state index in [1.165, 1.54) is 0 Å². The Balaban J connectivity index is 0. The zero-order chi connectivity index (χ0) is 11.6. The molecule has 1 rings (SSSR count). The van der Waals surface area contributed by atoms with Crippen LogP contribution in [0.25, 0.3) is 0 Å². The van der Waals surface area contributed by atoms with Crippen LogP contribution in [0.1, 0.15) is 24.2 Å². The first-order valence-electron chi connectivity index (χ1n) is 4.29. The van der Waals surface area contributed by atoms with E-state index in [-0.39, 0.29) is 0 Å². The first-order valence-corrected chi connectivity index (χ1v) is 4.29. The Bertz CT molecular complexity index is 262. The smallest absolute Gasteiger partial charge is 0.150 e. The van der Waals surface area contributed by atoms with Crippen LogP contribution < -0.4 is 11.5 Å². The molecule has 0 aliphatic carbocycles. The molecule has 0 aliphatic rings. The van der Waals surface area contributed by atoms with Crippen LogP contribution in [0.2, 0.25) is 0 Å². The van der Waals surface area contributed by atoms with Crippen molar-refractivity contribution in [1.29, 1.82) is 0 Å². The van der Waals surface area contributed by atoms with Gasteiger partial charge in [0.25, 0.3) is 0 Å². The molecule has 0 saturated heterocycles. The average molecular weight is 198 g/mol. The quantitative estimate of drug-likeness (QED) is 0.468. The highest BCUT2D eigenvalue weighted by atomic mass is 16.2. The highest BCUT2D eigenvalue weighted by molar-refractivity contribution is 5.79. The van der Waals surface area contributed by atoms with Gasteiger partial charge in [-0.1, -0.05) is 13.8 Å². The lowest BCUT2D eigenvalue weighted by molar-refractivity contribution is 0.112. The number of aliphatic hydroxyl groups is 1. The lowest BCUT2D eigenvalue weighted by Crippen LogP contribution is -1.94. The maximum absolute atomic E-state index is 10.2. The largest absolute Gasteiger partial charge is 0.400 e. The molecule has 0 heterocycles. The van der Waals surface area contributed by atoms with Gasteiger partial charge in [-0.2, -0.15) is 0 Å². The molecule has 0 spiro atoms. The van der Waals surface area contributed by atoms with Crippen molar-refractivity contribution in [1.82, 2.24) is 0 Å². The molecule has 0 amide bonds. The monoisotopic (exact) mass is 198 g/mol. The fourth-order valence-corrected chi connectivity index (χ4v) is 0.667. The third-order valence-corrected chi connectivity index (χ3v) is 1.25. The van der Waals surface area contributed by atoms with Crippen LogP contribution in [0.3, 0.4) is 0 Å². The number of aldehydes is 1. The van der Waals surface area contributed by atoms with Crippen molar-refractivity contribution in [3.05, 3.63) is 23.8 Å². The second kappa shape index (κ2) is 9.54. The fourth-order valence-electron chi connectivity index (χ4n) is 0.667. The number of rotatable bonds is 1. The van der Waals surface area contributed by atoms with Gasteiger partial charge in [0.2, 0.25) is 0 Å². The molecule has 5 N–H and O–H groups in total. The zero-order valence-electron chi connectivity index (χ0n) is 8.82. The minimum Gasteiger partial charge on any atom is -0.400 e. The normalized spacial score (nSPS) is 7.43. The minimum absolute atomic E-state index is 0.449. The molecule has 4 heteroatoms. The number of hydrogen-bond donors (Lipinski definition) is 3. The van der Waals surface area contributed by atoms with E-state index in [1.54, 1.807) is 18.2 Å². The summed E-state index contributed by atoms with van der Waals surface area (Å²) in [4.78, 5) is 10.2.